The molecule has 1 aliphatic rings. The van der Waals surface area contributed by atoms with E-state index in [0.717, 1.165) is 44.0 Å². The maximum atomic E-state index is 5.88. The highest BCUT2D eigenvalue weighted by Gasteiger charge is 2.38. The Morgan fingerprint density at radius 2 is 2.21 bits per heavy atom. The van der Waals surface area contributed by atoms with E-state index in [1.807, 2.05) is 7.11 Å². The van der Waals surface area contributed by atoms with Crippen molar-refractivity contribution < 1.29 is 4.74 Å². The van der Waals surface area contributed by atoms with Gasteiger partial charge in [-0.3, -0.25) is 0 Å². The van der Waals surface area contributed by atoms with Crippen molar-refractivity contribution in [3.05, 3.63) is 16.1 Å². The second-order valence-electron chi connectivity index (χ2n) is 5.70. The monoisotopic (exact) mass is 282 g/mol. The Balaban J connectivity index is 2.02. The molecule has 0 spiro atoms. The first-order valence-electron chi connectivity index (χ1n) is 7.41. The van der Waals surface area contributed by atoms with Crippen LogP contribution < -0.4 is 5.32 Å². The Kier molecular flexibility index (Phi) is 5.37. The third-order valence-electron chi connectivity index (χ3n) is 4.15. The Labute approximate surface area is 120 Å². The summed E-state index contributed by atoms with van der Waals surface area (Å²) in [5.41, 5.74) is 1.05. The Morgan fingerprint density at radius 1 is 1.47 bits per heavy atom. The van der Waals surface area contributed by atoms with Crippen LogP contribution in [0, 0.1) is 5.92 Å². The molecule has 0 radical (unpaired) electrons. The second-order valence-corrected chi connectivity index (χ2v) is 6.56. The fourth-order valence-electron chi connectivity index (χ4n) is 2.72. The van der Waals surface area contributed by atoms with Gasteiger partial charge in [-0.15, -0.1) is 11.3 Å². The highest BCUT2D eigenvalue weighted by Crippen LogP contribution is 2.43. The van der Waals surface area contributed by atoms with E-state index in [2.05, 4.69) is 24.5 Å². The summed E-state index contributed by atoms with van der Waals surface area (Å²) >= 11 is 1.76. The summed E-state index contributed by atoms with van der Waals surface area (Å²) in [4.78, 5) is 4.80. The van der Waals surface area contributed by atoms with Gasteiger partial charge in [-0.2, -0.15) is 0 Å². The molecule has 0 unspecified atom stereocenters. The molecule has 0 atom stereocenters. The van der Waals surface area contributed by atoms with Crippen LogP contribution in [0.2, 0.25) is 0 Å². The van der Waals surface area contributed by atoms with E-state index in [0.29, 0.717) is 0 Å². The van der Waals surface area contributed by atoms with Crippen LogP contribution in [0.15, 0.2) is 5.38 Å². The molecule has 0 aliphatic heterocycles. The molecule has 3 nitrogen and oxygen atoms in total. The van der Waals surface area contributed by atoms with E-state index in [1.165, 1.54) is 17.8 Å². The van der Waals surface area contributed by atoms with Crippen molar-refractivity contribution in [1.82, 2.24) is 10.3 Å². The number of ether oxygens (including phenoxy) is 1. The summed E-state index contributed by atoms with van der Waals surface area (Å²) in [6, 6.07) is 0. The van der Waals surface area contributed by atoms with Crippen LogP contribution in [0.4, 0.5) is 0 Å². The van der Waals surface area contributed by atoms with Gasteiger partial charge in [-0.05, 0) is 44.6 Å². The van der Waals surface area contributed by atoms with Crippen LogP contribution in [-0.2, 0) is 16.9 Å². The minimum atomic E-state index is -0.111. The van der Waals surface area contributed by atoms with Gasteiger partial charge >= 0.3 is 0 Å². The van der Waals surface area contributed by atoms with Crippen LogP contribution in [0.1, 0.15) is 56.7 Å². The average molecular weight is 282 g/mol. The number of thiazole rings is 1. The number of aromatic nitrogens is 1. The third kappa shape index (κ3) is 3.56. The number of hydrogen-bond acceptors (Lipinski definition) is 4. The molecular formula is C15H26N2OS. The first-order chi connectivity index (χ1) is 9.20. The van der Waals surface area contributed by atoms with Crippen LogP contribution in [0.5, 0.6) is 0 Å². The fraction of sp³-hybridized carbons (Fsp3) is 0.800. The molecule has 1 heterocycles. The van der Waals surface area contributed by atoms with Gasteiger partial charge in [0.05, 0.1) is 5.69 Å². The molecule has 1 aliphatic carbocycles. The zero-order valence-corrected chi connectivity index (χ0v) is 13.2. The standard InChI is InChI=1S/C15H26N2OS/c1-4-9-16-10-13-11-19-14(17-13)15(18-3)7-5-12(2)6-8-15/h11-12,16H,4-10H2,1-3H3. The lowest BCUT2D eigenvalue weighted by molar-refractivity contribution is -0.0531. The molecule has 0 bridgehead atoms. The first kappa shape index (κ1) is 14.9. The highest BCUT2D eigenvalue weighted by molar-refractivity contribution is 7.09. The molecule has 0 amide bonds. The van der Waals surface area contributed by atoms with E-state index >= 15 is 0 Å². The van der Waals surface area contributed by atoms with Gasteiger partial charge in [0.1, 0.15) is 10.6 Å². The summed E-state index contributed by atoms with van der Waals surface area (Å²) in [5, 5.41) is 6.76. The Bertz CT molecular complexity index is 383. The highest BCUT2D eigenvalue weighted by atomic mass is 32.1. The SMILES string of the molecule is CCCNCc1csc(C2(OC)CCC(C)CC2)n1. The molecular weight excluding hydrogens is 256 g/mol. The van der Waals surface area contributed by atoms with Crippen molar-refractivity contribution in [3.8, 4) is 0 Å². The molecule has 1 saturated carbocycles. The summed E-state index contributed by atoms with van der Waals surface area (Å²) in [6.07, 6.45) is 5.88. The Hall–Kier alpha value is -0.450. The molecule has 1 aromatic heterocycles. The van der Waals surface area contributed by atoms with Gasteiger partial charge in [-0.1, -0.05) is 13.8 Å². The van der Waals surface area contributed by atoms with Crippen LogP contribution in [0.3, 0.4) is 0 Å². The molecule has 2 rings (SSSR count). The van der Waals surface area contributed by atoms with Gasteiger partial charge in [0, 0.05) is 19.0 Å². The van der Waals surface area contributed by atoms with E-state index in [-0.39, 0.29) is 5.60 Å². The second kappa shape index (κ2) is 6.82. The quantitative estimate of drug-likeness (QED) is 0.808. The smallest absolute Gasteiger partial charge is 0.125 e. The van der Waals surface area contributed by atoms with E-state index in [9.17, 15) is 0 Å². The summed E-state index contributed by atoms with van der Waals surface area (Å²) < 4.78 is 5.88. The first-order valence-corrected chi connectivity index (χ1v) is 8.29. The van der Waals surface area contributed by atoms with Crippen molar-refractivity contribution in [1.29, 1.82) is 0 Å². The molecule has 1 N–H and O–H groups in total. The number of methoxy groups -OCH3 is 1. The van der Waals surface area contributed by atoms with Crippen molar-refractivity contribution in [2.24, 2.45) is 5.92 Å². The topological polar surface area (TPSA) is 34.1 Å². The van der Waals surface area contributed by atoms with E-state index < -0.39 is 0 Å². The Morgan fingerprint density at radius 3 is 2.84 bits per heavy atom. The fourth-order valence-corrected chi connectivity index (χ4v) is 3.78. The maximum Gasteiger partial charge on any atom is 0.125 e. The van der Waals surface area contributed by atoms with Crippen molar-refractivity contribution in [2.45, 2.75) is 58.1 Å². The predicted molar refractivity (Wildman–Crippen MR) is 80.4 cm³/mol. The lowest BCUT2D eigenvalue weighted by atomic mass is 9.80. The van der Waals surface area contributed by atoms with Gasteiger partial charge in [0.2, 0.25) is 0 Å². The summed E-state index contributed by atoms with van der Waals surface area (Å²) in [5.74, 6) is 0.828. The molecule has 4 heteroatoms. The molecule has 1 aromatic rings. The van der Waals surface area contributed by atoms with Crippen molar-refractivity contribution in [3.63, 3.8) is 0 Å². The number of nitrogens with one attached hydrogen (secondary N) is 1. The third-order valence-corrected chi connectivity index (χ3v) is 5.22. The van der Waals surface area contributed by atoms with Gasteiger partial charge in [0.25, 0.3) is 0 Å². The van der Waals surface area contributed by atoms with Crippen LogP contribution in [0.25, 0.3) is 0 Å². The largest absolute Gasteiger partial charge is 0.371 e. The molecule has 0 saturated heterocycles. The van der Waals surface area contributed by atoms with Gasteiger partial charge in [-0.25, -0.2) is 4.98 Å². The maximum absolute atomic E-state index is 5.88. The van der Waals surface area contributed by atoms with Gasteiger partial charge < -0.3 is 10.1 Å². The molecule has 108 valence electrons. The lowest BCUT2D eigenvalue weighted by Gasteiger charge is -2.36. The average Bonchev–Trinajstić information content (AvgIpc) is 2.90. The summed E-state index contributed by atoms with van der Waals surface area (Å²) in [6.45, 7) is 6.45. The number of hydrogen-bond donors (Lipinski definition) is 1. The minimum absolute atomic E-state index is 0.111. The van der Waals surface area contributed by atoms with E-state index in [1.54, 1.807) is 11.3 Å². The molecule has 0 aromatic carbocycles. The predicted octanol–water partition coefficient (Wildman–Crippen LogP) is 3.69. The minimum Gasteiger partial charge on any atom is -0.371 e. The summed E-state index contributed by atoms with van der Waals surface area (Å²) in [7, 11) is 1.84. The molecule has 1 fully saturated rings. The number of rotatable bonds is 6. The van der Waals surface area contributed by atoms with Crippen molar-refractivity contribution >= 4 is 11.3 Å². The van der Waals surface area contributed by atoms with Crippen molar-refractivity contribution in [2.75, 3.05) is 13.7 Å². The van der Waals surface area contributed by atoms with Crippen LogP contribution >= 0.6 is 11.3 Å². The lowest BCUT2D eigenvalue weighted by Crippen LogP contribution is -2.33. The van der Waals surface area contributed by atoms with Crippen LogP contribution in [-0.4, -0.2) is 18.6 Å². The van der Waals surface area contributed by atoms with Gasteiger partial charge in [0.15, 0.2) is 0 Å². The molecule has 19 heavy (non-hydrogen) atoms. The zero-order valence-electron chi connectivity index (χ0n) is 12.4. The zero-order chi connectivity index (χ0) is 13.7. The normalized spacial score (nSPS) is 27.6. The van der Waals surface area contributed by atoms with E-state index in [4.69, 9.17) is 9.72 Å². The number of nitrogens with zero attached hydrogens (tertiary/aromatic N) is 1.